The molecular weight excluding hydrogens is 343 g/mol. The van der Waals surface area contributed by atoms with Crippen molar-refractivity contribution in [2.45, 2.75) is 33.1 Å². The van der Waals surface area contributed by atoms with Crippen molar-refractivity contribution in [1.29, 1.82) is 0 Å². The maximum atomic E-state index is 13.0. The highest BCUT2D eigenvalue weighted by Crippen LogP contribution is 2.23. The maximum absolute atomic E-state index is 13.0. The molecule has 1 aromatic carbocycles. The first-order valence-corrected chi connectivity index (χ1v) is 9.71. The minimum Gasteiger partial charge on any atom is -0.444 e. The second-order valence-corrected chi connectivity index (χ2v) is 7.61. The molecule has 1 aliphatic heterocycles. The van der Waals surface area contributed by atoms with E-state index >= 15 is 0 Å². The van der Waals surface area contributed by atoms with E-state index in [2.05, 4.69) is 34.0 Å². The van der Waals surface area contributed by atoms with Crippen LogP contribution >= 0.6 is 0 Å². The minimum absolute atomic E-state index is 0.265. The van der Waals surface area contributed by atoms with Crippen molar-refractivity contribution in [1.82, 2.24) is 15.2 Å². The SMILES string of the molecule is CN=C(NCCc1coc(-c2ccc(F)cc2)n1)N1CCC(CC(C)C)C1. The van der Waals surface area contributed by atoms with E-state index in [1.807, 2.05) is 7.05 Å². The smallest absolute Gasteiger partial charge is 0.226 e. The third-order valence-corrected chi connectivity index (χ3v) is 4.91. The summed E-state index contributed by atoms with van der Waals surface area (Å²) in [5.41, 5.74) is 1.65. The highest BCUT2D eigenvalue weighted by molar-refractivity contribution is 5.80. The van der Waals surface area contributed by atoms with Gasteiger partial charge in [0.1, 0.15) is 12.1 Å². The van der Waals surface area contributed by atoms with Crippen LogP contribution in [-0.2, 0) is 6.42 Å². The lowest BCUT2D eigenvalue weighted by molar-refractivity contribution is 0.403. The molecule has 0 aliphatic carbocycles. The van der Waals surface area contributed by atoms with E-state index in [-0.39, 0.29) is 5.82 Å². The summed E-state index contributed by atoms with van der Waals surface area (Å²) in [6, 6.07) is 6.17. The van der Waals surface area contributed by atoms with Crippen LogP contribution in [0.3, 0.4) is 0 Å². The van der Waals surface area contributed by atoms with Crippen molar-refractivity contribution in [2.24, 2.45) is 16.8 Å². The van der Waals surface area contributed by atoms with Gasteiger partial charge in [0.15, 0.2) is 5.96 Å². The Balaban J connectivity index is 1.48. The van der Waals surface area contributed by atoms with Crippen LogP contribution in [0, 0.1) is 17.7 Å². The summed E-state index contributed by atoms with van der Waals surface area (Å²) in [7, 11) is 1.83. The van der Waals surface area contributed by atoms with Crippen molar-refractivity contribution in [3.05, 3.63) is 42.0 Å². The highest BCUT2D eigenvalue weighted by atomic mass is 19.1. The molecular formula is C21H29FN4O. The molecule has 0 saturated carbocycles. The van der Waals surface area contributed by atoms with Gasteiger partial charge in [-0.1, -0.05) is 13.8 Å². The van der Waals surface area contributed by atoms with Crippen molar-refractivity contribution in [3.63, 3.8) is 0 Å². The number of hydrogen-bond acceptors (Lipinski definition) is 3. The molecule has 0 spiro atoms. The van der Waals surface area contributed by atoms with Gasteiger partial charge < -0.3 is 14.6 Å². The predicted octanol–water partition coefficient (Wildman–Crippen LogP) is 3.97. The molecule has 2 aromatic rings. The molecule has 5 nitrogen and oxygen atoms in total. The Hall–Kier alpha value is -2.37. The number of rotatable bonds is 6. The second-order valence-electron chi connectivity index (χ2n) is 7.61. The molecule has 146 valence electrons. The number of likely N-dealkylation sites (tertiary alicyclic amines) is 1. The number of halogens is 1. The fourth-order valence-electron chi connectivity index (χ4n) is 3.67. The third-order valence-electron chi connectivity index (χ3n) is 4.91. The van der Waals surface area contributed by atoms with Gasteiger partial charge in [-0.15, -0.1) is 0 Å². The molecule has 6 heteroatoms. The molecule has 1 atom stereocenters. The molecule has 0 amide bonds. The summed E-state index contributed by atoms with van der Waals surface area (Å²) in [5.74, 6) is 2.72. The fraction of sp³-hybridized carbons (Fsp3) is 0.524. The minimum atomic E-state index is -0.265. The number of hydrogen-bond donors (Lipinski definition) is 1. The number of aliphatic imine (C=N–C) groups is 1. The van der Waals surface area contributed by atoms with Gasteiger partial charge in [0.25, 0.3) is 0 Å². The number of benzene rings is 1. The number of nitrogens with zero attached hydrogens (tertiary/aromatic N) is 3. The van der Waals surface area contributed by atoms with Crippen LogP contribution in [0.25, 0.3) is 11.5 Å². The van der Waals surface area contributed by atoms with Crippen molar-refractivity contribution in [2.75, 3.05) is 26.7 Å². The average molecular weight is 372 g/mol. The van der Waals surface area contributed by atoms with Crippen molar-refractivity contribution < 1.29 is 8.81 Å². The van der Waals surface area contributed by atoms with Crippen LogP contribution in [0.15, 0.2) is 39.9 Å². The van der Waals surface area contributed by atoms with Gasteiger partial charge in [-0.05, 0) is 48.9 Å². The van der Waals surface area contributed by atoms with E-state index in [9.17, 15) is 4.39 Å². The van der Waals surface area contributed by atoms with Crippen LogP contribution in [0.2, 0.25) is 0 Å². The highest BCUT2D eigenvalue weighted by Gasteiger charge is 2.25. The van der Waals surface area contributed by atoms with E-state index in [0.717, 1.165) is 55.1 Å². The summed E-state index contributed by atoms with van der Waals surface area (Å²) in [4.78, 5) is 11.3. The molecule has 1 unspecified atom stereocenters. The van der Waals surface area contributed by atoms with Gasteiger partial charge in [0, 0.05) is 38.7 Å². The second kappa shape index (κ2) is 9.02. The third kappa shape index (κ3) is 5.31. The first-order chi connectivity index (χ1) is 13.0. The Labute approximate surface area is 160 Å². The van der Waals surface area contributed by atoms with Gasteiger partial charge >= 0.3 is 0 Å². The molecule has 27 heavy (non-hydrogen) atoms. The summed E-state index contributed by atoms with van der Waals surface area (Å²) in [6.07, 6.45) is 4.92. The Morgan fingerprint density at radius 2 is 2.15 bits per heavy atom. The zero-order valence-corrected chi connectivity index (χ0v) is 16.4. The Morgan fingerprint density at radius 1 is 1.37 bits per heavy atom. The van der Waals surface area contributed by atoms with Gasteiger partial charge in [-0.2, -0.15) is 0 Å². The fourth-order valence-corrected chi connectivity index (χ4v) is 3.67. The van der Waals surface area contributed by atoms with Gasteiger partial charge in [-0.3, -0.25) is 4.99 Å². The zero-order chi connectivity index (χ0) is 19.2. The van der Waals surface area contributed by atoms with Crippen LogP contribution in [0.1, 0.15) is 32.4 Å². The van der Waals surface area contributed by atoms with E-state index in [0.29, 0.717) is 5.89 Å². The zero-order valence-electron chi connectivity index (χ0n) is 16.4. The Kier molecular flexibility index (Phi) is 6.48. The molecule has 1 saturated heterocycles. The largest absolute Gasteiger partial charge is 0.444 e. The lowest BCUT2D eigenvalue weighted by Gasteiger charge is -2.22. The molecule has 2 heterocycles. The summed E-state index contributed by atoms with van der Waals surface area (Å²) in [5, 5.41) is 3.43. The Bertz CT molecular complexity index is 754. The number of oxazole rings is 1. The van der Waals surface area contributed by atoms with E-state index in [1.165, 1.54) is 25.0 Å². The normalized spacial score (nSPS) is 17.7. The molecule has 1 N–H and O–H groups in total. The number of guanidine groups is 1. The molecule has 1 aliphatic rings. The summed E-state index contributed by atoms with van der Waals surface area (Å²) in [6.45, 7) is 7.46. The standard InChI is InChI=1S/C21H29FN4O/c1-15(2)12-16-9-11-26(13-16)21(23-3)24-10-8-19-14-27-20(25-19)17-4-6-18(22)7-5-17/h4-7,14-16H,8-13H2,1-3H3,(H,23,24). The van der Waals surface area contributed by atoms with Crippen LogP contribution in [0.4, 0.5) is 4.39 Å². The van der Waals surface area contributed by atoms with Crippen molar-refractivity contribution in [3.8, 4) is 11.5 Å². The molecule has 0 bridgehead atoms. The lowest BCUT2D eigenvalue weighted by atomic mass is 9.97. The van der Waals surface area contributed by atoms with Crippen LogP contribution in [-0.4, -0.2) is 42.5 Å². The molecule has 0 radical (unpaired) electrons. The first-order valence-electron chi connectivity index (χ1n) is 9.71. The Morgan fingerprint density at radius 3 is 2.85 bits per heavy atom. The molecule has 3 rings (SSSR count). The topological polar surface area (TPSA) is 53.7 Å². The maximum Gasteiger partial charge on any atom is 0.226 e. The summed E-state index contributed by atoms with van der Waals surface area (Å²) < 4.78 is 18.5. The first kappa shape index (κ1) is 19.4. The van der Waals surface area contributed by atoms with Gasteiger partial charge in [-0.25, -0.2) is 9.37 Å². The van der Waals surface area contributed by atoms with Crippen LogP contribution in [0.5, 0.6) is 0 Å². The average Bonchev–Trinajstić information content (AvgIpc) is 3.29. The monoisotopic (exact) mass is 372 g/mol. The van der Waals surface area contributed by atoms with Gasteiger partial charge in [0.05, 0.1) is 5.69 Å². The molecule has 1 fully saturated rings. The van der Waals surface area contributed by atoms with E-state index in [1.54, 1.807) is 18.4 Å². The lowest BCUT2D eigenvalue weighted by Crippen LogP contribution is -2.40. The number of nitrogens with one attached hydrogen (secondary N) is 1. The predicted molar refractivity (Wildman–Crippen MR) is 106 cm³/mol. The van der Waals surface area contributed by atoms with Crippen LogP contribution < -0.4 is 5.32 Å². The number of aromatic nitrogens is 1. The summed E-state index contributed by atoms with van der Waals surface area (Å²) >= 11 is 0. The quantitative estimate of drug-likeness (QED) is 0.616. The van der Waals surface area contributed by atoms with Gasteiger partial charge in [0.2, 0.25) is 5.89 Å². The van der Waals surface area contributed by atoms with Crippen molar-refractivity contribution >= 4 is 5.96 Å². The van der Waals surface area contributed by atoms with E-state index in [4.69, 9.17) is 4.42 Å². The molecule has 1 aromatic heterocycles. The van der Waals surface area contributed by atoms with E-state index < -0.39 is 0 Å².